The van der Waals surface area contributed by atoms with Crippen LogP contribution in [0.5, 0.6) is 0 Å². The summed E-state index contributed by atoms with van der Waals surface area (Å²) in [5.74, 6) is 0. The van der Waals surface area contributed by atoms with Gasteiger partial charge in [-0.05, 0) is 11.8 Å². The smallest absolute Gasteiger partial charge is 0.192 e. The molecule has 0 saturated heterocycles. The van der Waals surface area contributed by atoms with Gasteiger partial charge in [0.25, 0.3) is 0 Å². The van der Waals surface area contributed by atoms with Crippen LogP contribution in [-0.4, -0.2) is 23.7 Å². The largest absolute Gasteiger partial charge is 0.395 e. The highest BCUT2D eigenvalue weighted by Gasteiger charge is 2.07. The van der Waals surface area contributed by atoms with Gasteiger partial charge in [-0.15, -0.1) is 11.6 Å². The van der Waals surface area contributed by atoms with Crippen molar-refractivity contribution in [2.45, 2.75) is 5.38 Å². The van der Waals surface area contributed by atoms with Crippen LogP contribution in [0, 0.1) is 0 Å². The molecule has 62 valence electrons. The highest BCUT2D eigenvalue weighted by Crippen LogP contribution is 2.27. The molecule has 0 aromatic rings. The predicted octanol–water partition coefficient (Wildman–Crippen LogP) is -0.255. The quantitative estimate of drug-likeness (QED) is 0.435. The lowest BCUT2D eigenvalue weighted by molar-refractivity contribution is 0.248. The van der Waals surface area contributed by atoms with E-state index in [1.54, 1.807) is 0 Å². The van der Waals surface area contributed by atoms with Crippen LogP contribution in [0.15, 0.2) is 0 Å². The summed E-state index contributed by atoms with van der Waals surface area (Å²) in [7, 11) is 0. The fourth-order valence-corrected chi connectivity index (χ4v) is 0.996. The molecule has 0 fully saturated rings. The zero-order valence-corrected chi connectivity index (χ0v) is 7.70. The Hall–Kier alpha value is 0.780. The molecule has 0 spiro atoms. The molecule has 0 heterocycles. The average molecular weight is 205 g/mol. The molecule has 1 unspecified atom stereocenters. The monoisotopic (exact) mass is 204 g/mol. The van der Waals surface area contributed by atoms with Crippen molar-refractivity contribution in [2.75, 3.05) is 13.2 Å². The van der Waals surface area contributed by atoms with E-state index in [1.165, 1.54) is 0 Å². The third kappa shape index (κ3) is 6.89. The standard InChI is InChI=1S/C3H10ClN2O2PS/c4-3(1-7)2-8-9(5,6)10/h3,7H,1-2H2,(H4,5,6,10). The summed E-state index contributed by atoms with van der Waals surface area (Å²) in [5, 5.41) is 7.94. The second-order valence-corrected chi connectivity index (χ2v) is 5.60. The van der Waals surface area contributed by atoms with E-state index in [4.69, 9.17) is 32.2 Å². The molecular weight excluding hydrogens is 195 g/mol. The van der Waals surface area contributed by atoms with Crippen molar-refractivity contribution in [2.24, 2.45) is 11.0 Å². The Morgan fingerprint density at radius 1 is 1.70 bits per heavy atom. The number of halogens is 1. The van der Waals surface area contributed by atoms with Crippen molar-refractivity contribution in [1.82, 2.24) is 0 Å². The minimum atomic E-state index is -2.59. The van der Waals surface area contributed by atoms with Gasteiger partial charge in [-0.2, -0.15) is 0 Å². The third-order valence-electron chi connectivity index (χ3n) is 0.655. The van der Waals surface area contributed by atoms with Crippen molar-refractivity contribution >= 4 is 30.0 Å². The molecule has 0 bridgehead atoms. The van der Waals surface area contributed by atoms with Gasteiger partial charge in [0.2, 0.25) is 0 Å². The lowest BCUT2D eigenvalue weighted by Crippen LogP contribution is -2.17. The first kappa shape index (κ1) is 10.8. The summed E-state index contributed by atoms with van der Waals surface area (Å²) in [6.45, 7) is -2.67. The SMILES string of the molecule is NP(N)(=S)OCC(Cl)CO. The van der Waals surface area contributed by atoms with Gasteiger partial charge in [-0.25, -0.2) is 0 Å². The predicted molar refractivity (Wildman–Crippen MR) is 45.3 cm³/mol. The number of hydrogen-bond acceptors (Lipinski definition) is 3. The fraction of sp³-hybridized carbons (Fsp3) is 1.00. The summed E-state index contributed by atoms with van der Waals surface area (Å²) in [5.41, 5.74) is 10.4. The van der Waals surface area contributed by atoms with Crippen LogP contribution >= 0.6 is 18.2 Å². The van der Waals surface area contributed by atoms with E-state index in [9.17, 15) is 0 Å². The summed E-state index contributed by atoms with van der Waals surface area (Å²) >= 11 is 10.0. The van der Waals surface area contributed by atoms with Crippen LogP contribution in [0.4, 0.5) is 0 Å². The number of aliphatic hydroxyl groups excluding tert-OH is 1. The maximum Gasteiger partial charge on any atom is 0.192 e. The fourth-order valence-electron chi connectivity index (χ4n) is 0.250. The maximum atomic E-state index is 8.42. The number of nitrogens with two attached hydrogens (primary N) is 2. The Morgan fingerprint density at radius 2 is 2.20 bits per heavy atom. The number of alkyl halides is 1. The first-order chi connectivity index (χ1) is 4.45. The number of aliphatic hydroxyl groups is 1. The van der Waals surface area contributed by atoms with Gasteiger partial charge < -0.3 is 9.63 Å². The van der Waals surface area contributed by atoms with Gasteiger partial charge in [0.15, 0.2) is 6.57 Å². The Balaban J connectivity index is 3.46. The van der Waals surface area contributed by atoms with Crippen LogP contribution in [0.1, 0.15) is 0 Å². The van der Waals surface area contributed by atoms with Crippen LogP contribution in [-0.2, 0) is 16.3 Å². The van der Waals surface area contributed by atoms with Crippen LogP contribution in [0.25, 0.3) is 0 Å². The molecule has 0 aromatic heterocycles. The van der Waals surface area contributed by atoms with E-state index in [2.05, 4.69) is 11.8 Å². The molecule has 0 saturated carbocycles. The first-order valence-electron chi connectivity index (χ1n) is 2.52. The lowest BCUT2D eigenvalue weighted by Gasteiger charge is -2.12. The van der Waals surface area contributed by atoms with Crippen molar-refractivity contribution in [3.05, 3.63) is 0 Å². The summed E-state index contributed by atoms with van der Waals surface area (Å²) in [6, 6.07) is 0. The van der Waals surface area contributed by atoms with Gasteiger partial charge in [-0.1, -0.05) is 0 Å². The molecule has 0 aliphatic carbocycles. The second-order valence-electron chi connectivity index (χ2n) is 1.72. The molecular formula is C3H10ClN2O2PS. The zero-order chi connectivity index (χ0) is 8.20. The second kappa shape index (κ2) is 4.62. The summed E-state index contributed by atoms with van der Waals surface area (Å²) in [4.78, 5) is 0. The molecule has 0 aliphatic heterocycles. The number of rotatable bonds is 4. The van der Waals surface area contributed by atoms with E-state index < -0.39 is 11.9 Å². The van der Waals surface area contributed by atoms with Crippen LogP contribution in [0.3, 0.4) is 0 Å². The van der Waals surface area contributed by atoms with Crippen molar-refractivity contribution < 1.29 is 9.63 Å². The van der Waals surface area contributed by atoms with Gasteiger partial charge in [-0.3, -0.25) is 11.0 Å². The van der Waals surface area contributed by atoms with Gasteiger partial charge in [0.1, 0.15) is 0 Å². The highest BCUT2D eigenvalue weighted by molar-refractivity contribution is 8.10. The van der Waals surface area contributed by atoms with E-state index in [0.29, 0.717) is 0 Å². The molecule has 0 rings (SSSR count). The summed E-state index contributed by atoms with van der Waals surface area (Å²) in [6.07, 6.45) is 0. The topological polar surface area (TPSA) is 81.5 Å². The molecule has 10 heavy (non-hydrogen) atoms. The van der Waals surface area contributed by atoms with Crippen molar-refractivity contribution in [3.63, 3.8) is 0 Å². The Morgan fingerprint density at radius 3 is 2.50 bits per heavy atom. The molecule has 1 atom stereocenters. The molecule has 7 heteroatoms. The molecule has 0 radical (unpaired) electrons. The minimum absolute atomic E-state index is 0.0995. The van der Waals surface area contributed by atoms with E-state index in [1.807, 2.05) is 0 Å². The average Bonchev–Trinajstić information content (AvgIpc) is 1.81. The van der Waals surface area contributed by atoms with Crippen LogP contribution < -0.4 is 11.0 Å². The normalized spacial score (nSPS) is 15.2. The van der Waals surface area contributed by atoms with Crippen molar-refractivity contribution in [3.8, 4) is 0 Å². The molecule has 0 aliphatic rings. The molecule has 0 aromatic carbocycles. The van der Waals surface area contributed by atoms with Gasteiger partial charge >= 0.3 is 0 Å². The molecule has 0 amide bonds. The Labute approximate surface area is 69.7 Å². The Bertz CT molecular complexity index is 140. The molecule has 5 N–H and O–H groups in total. The van der Waals surface area contributed by atoms with Gasteiger partial charge in [0, 0.05) is 0 Å². The third-order valence-corrected chi connectivity index (χ3v) is 1.79. The van der Waals surface area contributed by atoms with Gasteiger partial charge in [0.05, 0.1) is 18.6 Å². The lowest BCUT2D eigenvalue weighted by atomic mass is 10.5. The van der Waals surface area contributed by atoms with Crippen LogP contribution in [0.2, 0.25) is 0 Å². The Kier molecular flexibility index (Phi) is 4.98. The van der Waals surface area contributed by atoms with E-state index in [0.717, 1.165) is 0 Å². The summed E-state index contributed by atoms with van der Waals surface area (Å²) < 4.78 is 4.77. The van der Waals surface area contributed by atoms with E-state index in [-0.39, 0.29) is 13.2 Å². The highest BCUT2D eigenvalue weighted by atomic mass is 35.5. The van der Waals surface area contributed by atoms with Crippen molar-refractivity contribution in [1.29, 1.82) is 0 Å². The van der Waals surface area contributed by atoms with E-state index >= 15 is 0 Å². The minimum Gasteiger partial charge on any atom is -0.395 e. The number of hydrogen-bond donors (Lipinski definition) is 3. The maximum absolute atomic E-state index is 8.42. The first-order valence-corrected chi connectivity index (χ1v) is 5.82. The zero-order valence-electron chi connectivity index (χ0n) is 5.24. The molecule has 4 nitrogen and oxygen atoms in total.